The fourth-order valence-electron chi connectivity index (χ4n) is 1.98. The summed E-state index contributed by atoms with van der Waals surface area (Å²) in [6.45, 7) is 0. The number of carbonyl (C=O) groups is 2. The fraction of sp³-hybridized carbons (Fsp3) is 0.385. The van der Waals surface area contributed by atoms with Crippen molar-refractivity contribution in [1.29, 1.82) is 0 Å². The van der Waals surface area contributed by atoms with E-state index in [1.807, 2.05) is 0 Å². The largest absolute Gasteiger partial charge is 0.468 e. The number of furan rings is 1. The van der Waals surface area contributed by atoms with Crippen LogP contribution in [0, 0.1) is 0 Å². The molecule has 2 rings (SSSR count). The van der Waals surface area contributed by atoms with E-state index in [4.69, 9.17) is 4.42 Å². The van der Waals surface area contributed by atoms with Gasteiger partial charge in [0, 0.05) is 12.8 Å². The Morgan fingerprint density at radius 2 is 2.29 bits per heavy atom. The molecule has 1 aliphatic rings. The van der Waals surface area contributed by atoms with Crippen molar-refractivity contribution in [3.8, 4) is 0 Å². The van der Waals surface area contributed by atoms with E-state index in [0.29, 0.717) is 24.2 Å². The van der Waals surface area contributed by atoms with Gasteiger partial charge in [-0.05, 0) is 25.0 Å². The average Bonchev–Trinajstić information content (AvgIpc) is 2.76. The maximum Gasteiger partial charge on any atom is 0.341 e. The van der Waals surface area contributed by atoms with Crippen LogP contribution in [-0.4, -0.2) is 18.9 Å². The van der Waals surface area contributed by atoms with Crippen LogP contribution in [0.3, 0.4) is 0 Å². The Hall–Kier alpha value is -1.84. The van der Waals surface area contributed by atoms with Gasteiger partial charge in [0.1, 0.15) is 11.3 Å². The van der Waals surface area contributed by atoms with Crippen molar-refractivity contribution in [1.82, 2.24) is 0 Å². The summed E-state index contributed by atoms with van der Waals surface area (Å²) < 4.78 is 9.93. The average molecular weight is 234 g/mol. The van der Waals surface area contributed by atoms with Gasteiger partial charge in [-0.2, -0.15) is 0 Å². The highest BCUT2D eigenvalue weighted by molar-refractivity contribution is 5.92. The predicted octanol–water partition coefficient (Wildman–Crippen LogP) is 2.29. The lowest BCUT2D eigenvalue weighted by molar-refractivity contribution is -0.115. The summed E-state index contributed by atoms with van der Waals surface area (Å²) in [5, 5.41) is 0. The van der Waals surface area contributed by atoms with Crippen molar-refractivity contribution >= 4 is 11.8 Å². The maximum absolute atomic E-state index is 11.4. The summed E-state index contributed by atoms with van der Waals surface area (Å²) in [5.74, 6) is 0.312. The molecule has 17 heavy (non-hydrogen) atoms. The molecule has 1 heterocycles. The van der Waals surface area contributed by atoms with E-state index < -0.39 is 5.97 Å². The van der Waals surface area contributed by atoms with E-state index in [2.05, 4.69) is 4.74 Å². The first-order chi connectivity index (χ1) is 8.20. The lowest BCUT2D eigenvalue weighted by Gasteiger charge is -2.11. The summed E-state index contributed by atoms with van der Waals surface area (Å²) in [6.07, 6.45) is 6.00. The molecule has 0 N–H and O–H groups in total. The van der Waals surface area contributed by atoms with Crippen LogP contribution in [-0.2, 0) is 16.0 Å². The zero-order valence-corrected chi connectivity index (χ0v) is 9.69. The molecule has 0 saturated heterocycles. The van der Waals surface area contributed by atoms with Crippen LogP contribution >= 0.6 is 0 Å². The number of esters is 1. The lowest BCUT2D eigenvalue weighted by Crippen LogP contribution is -2.07. The zero-order chi connectivity index (χ0) is 12.3. The number of hydrogen-bond donors (Lipinski definition) is 0. The van der Waals surface area contributed by atoms with Crippen molar-refractivity contribution in [3.63, 3.8) is 0 Å². The summed E-state index contributed by atoms with van der Waals surface area (Å²) >= 11 is 0. The quantitative estimate of drug-likeness (QED) is 0.753. The third-order valence-electron chi connectivity index (χ3n) is 2.82. The second-order valence-electron chi connectivity index (χ2n) is 4.05. The van der Waals surface area contributed by atoms with Crippen molar-refractivity contribution < 1.29 is 18.7 Å². The van der Waals surface area contributed by atoms with E-state index >= 15 is 0 Å². The maximum atomic E-state index is 11.4. The molecule has 0 fully saturated rings. The predicted molar refractivity (Wildman–Crippen MR) is 60.7 cm³/mol. The topological polar surface area (TPSA) is 56.5 Å². The minimum atomic E-state index is -0.406. The first kappa shape index (κ1) is 11.6. The molecule has 0 atom stereocenters. The summed E-state index contributed by atoms with van der Waals surface area (Å²) in [7, 11) is 1.34. The van der Waals surface area contributed by atoms with E-state index in [9.17, 15) is 9.59 Å². The number of carbonyl (C=O) groups excluding carboxylic acids is 2. The minimum Gasteiger partial charge on any atom is -0.468 e. The van der Waals surface area contributed by atoms with Crippen LogP contribution in [0.1, 0.15) is 35.4 Å². The van der Waals surface area contributed by atoms with E-state index in [0.717, 1.165) is 18.4 Å². The standard InChI is InChI=1S/C13H14O4/c1-16-13(15)11-5-6-17-12(11)8-9-3-2-4-10(14)7-9/h5-7H,2-4,8H2,1H3. The van der Waals surface area contributed by atoms with Gasteiger partial charge in [-0.25, -0.2) is 4.79 Å². The number of rotatable bonds is 3. The van der Waals surface area contributed by atoms with Gasteiger partial charge in [0.05, 0.1) is 13.4 Å². The second kappa shape index (κ2) is 4.99. The van der Waals surface area contributed by atoms with E-state index in [-0.39, 0.29) is 5.78 Å². The van der Waals surface area contributed by atoms with Gasteiger partial charge in [-0.3, -0.25) is 4.79 Å². The van der Waals surface area contributed by atoms with Crippen LogP contribution < -0.4 is 0 Å². The molecule has 90 valence electrons. The highest BCUT2D eigenvalue weighted by Crippen LogP contribution is 2.22. The van der Waals surface area contributed by atoms with Gasteiger partial charge in [0.15, 0.2) is 5.78 Å². The van der Waals surface area contributed by atoms with Crippen LogP contribution in [0.25, 0.3) is 0 Å². The van der Waals surface area contributed by atoms with Crippen molar-refractivity contribution in [3.05, 3.63) is 35.3 Å². The molecule has 0 bridgehead atoms. The molecule has 1 aliphatic carbocycles. The van der Waals surface area contributed by atoms with Gasteiger partial charge in [0.25, 0.3) is 0 Å². The first-order valence-electron chi connectivity index (χ1n) is 5.57. The van der Waals surface area contributed by atoms with Crippen LogP contribution in [0.5, 0.6) is 0 Å². The molecule has 0 amide bonds. The molecular formula is C13H14O4. The lowest BCUT2D eigenvalue weighted by atomic mass is 9.95. The SMILES string of the molecule is COC(=O)c1ccoc1CC1=CC(=O)CCC1. The molecule has 0 unspecified atom stereocenters. The molecule has 0 aromatic carbocycles. The summed E-state index contributed by atoms with van der Waals surface area (Å²) in [4.78, 5) is 22.7. The third-order valence-corrected chi connectivity index (χ3v) is 2.82. The van der Waals surface area contributed by atoms with Gasteiger partial charge in [-0.1, -0.05) is 5.57 Å². The Kier molecular flexibility index (Phi) is 3.42. The molecule has 0 saturated carbocycles. The minimum absolute atomic E-state index is 0.150. The number of hydrogen-bond acceptors (Lipinski definition) is 4. The Bertz CT molecular complexity index is 468. The molecule has 4 nitrogen and oxygen atoms in total. The smallest absolute Gasteiger partial charge is 0.341 e. The molecule has 0 spiro atoms. The van der Waals surface area contributed by atoms with Crippen molar-refractivity contribution in [2.75, 3.05) is 7.11 Å². The Labute approximate surface area is 99.3 Å². The van der Waals surface area contributed by atoms with Gasteiger partial charge in [0.2, 0.25) is 0 Å². The van der Waals surface area contributed by atoms with Gasteiger partial charge in [-0.15, -0.1) is 0 Å². The van der Waals surface area contributed by atoms with Crippen LogP contribution in [0.15, 0.2) is 28.4 Å². The molecule has 1 aromatic rings. The Morgan fingerprint density at radius 1 is 1.47 bits per heavy atom. The van der Waals surface area contributed by atoms with Crippen molar-refractivity contribution in [2.24, 2.45) is 0 Å². The highest BCUT2D eigenvalue weighted by atomic mass is 16.5. The first-order valence-corrected chi connectivity index (χ1v) is 5.57. The zero-order valence-electron chi connectivity index (χ0n) is 9.69. The molecule has 4 heteroatoms. The van der Waals surface area contributed by atoms with Gasteiger partial charge >= 0.3 is 5.97 Å². The normalized spacial score (nSPS) is 15.6. The van der Waals surface area contributed by atoms with Crippen molar-refractivity contribution in [2.45, 2.75) is 25.7 Å². The van der Waals surface area contributed by atoms with Gasteiger partial charge < -0.3 is 9.15 Å². The molecule has 0 radical (unpaired) electrons. The highest BCUT2D eigenvalue weighted by Gasteiger charge is 2.18. The van der Waals surface area contributed by atoms with Crippen LogP contribution in [0.2, 0.25) is 0 Å². The van der Waals surface area contributed by atoms with E-state index in [1.165, 1.54) is 13.4 Å². The second-order valence-corrected chi connectivity index (χ2v) is 4.05. The fourth-order valence-corrected chi connectivity index (χ4v) is 1.98. The summed E-state index contributed by atoms with van der Waals surface area (Å²) in [6, 6.07) is 1.59. The molecular weight excluding hydrogens is 220 g/mol. The number of allylic oxidation sites excluding steroid dienone is 2. The summed E-state index contributed by atoms with van der Waals surface area (Å²) in [5.41, 5.74) is 1.45. The molecule has 0 aliphatic heterocycles. The Balaban J connectivity index is 2.16. The number of ether oxygens (including phenoxy) is 1. The Morgan fingerprint density at radius 3 is 3.00 bits per heavy atom. The number of methoxy groups -OCH3 is 1. The molecule has 1 aromatic heterocycles. The van der Waals surface area contributed by atoms with E-state index in [1.54, 1.807) is 12.1 Å². The van der Waals surface area contributed by atoms with Crippen LogP contribution in [0.4, 0.5) is 0 Å². The third kappa shape index (κ3) is 2.64. The number of ketones is 1. The monoisotopic (exact) mass is 234 g/mol.